The minimum atomic E-state index is 0.596. The maximum atomic E-state index is 5.97. The maximum absolute atomic E-state index is 5.97. The van der Waals surface area contributed by atoms with Crippen LogP contribution in [0.25, 0.3) is 11.0 Å². The third-order valence-electron chi connectivity index (χ3n) is 4.29. The molecule has 0 radical (unpaired) electrons. The molecule has 0 spiro atoms. The van der Waals surface area contributed by atoms with Crippen molar-refractivity contribution in [3.63, 3.8) is 0 Å². The molecule has 0 bridgehead atoms. The van der Waals surface area contributed by atoms with E-state index in [0.29, 0.717) is 11.9 Å². The molecular weight excluding hydrogens is 288 g/mol. The summed E-state index contributed by atoms with van der Waals surface area (Å²) >= 11 is 7.97. The van der Waals surface area contributed by atoms with Gasteiger partial charge in [-0.05, 0) is 50.1 Å². The molecule has 4 heteroatoms. The Kier molecular flexibility index (Phi) is 4.27. The van der Waals surface area contributed by atoms with Crippen molar-refractivity contribution >= 4 is 34.4 Å². The molecule has 1 heterocycles. The highest BCUT2D eigenvalue weighted by atomic mass is 35.5. The number of hydrogen-bond acceptors (Lipinski definition) is 2. The largest absolute Gasteiger partial charge is 0.325 e. The van der Waals surface area contributed by atoms with Crippen LogP contribution in [0, 0.1) is 6.92 Å². The molecule has 20 heavy (non-hydrogen) atoms. The van der Waals surface area contributed by atoms with Crippen LogP contribution in [0.15, 0.2) is 18.2 Å². The summed E-state index contributed by atoms with van der Waals surface area (Å²) in [5, 5.41) is 0.798. The lowest BCUT2D eigenvalue weighted by molar-refractivity contribution is 0.514. The van der Waals surface area contributed by atoms with Gasteiger partial charge in [0, 0.05) is 23.6 Å². The van der Waals surface area contributed by atoms with Crippen LogP contribution in [0.3, 0.4) is 0 Å². The number of aryl methyl sites for hydroxylation is 2. The van der Waals surface area contributed by atoms with Gasteiger partial charge in [0.1, 0.15) is 5.82 Å². The molecule has 1 aliphatic carbocycles. The zero-order valence-corrected chi connectivity index (χ0v) is 13.7. The van der Waals surface area contributed by atoms with Crippen molar-refractivity contribution in [3.05, 3.63) is 29.6 Å². The van der Waals surface area contributed by atoms with Crippen molar-refractivity contribution in [1.82, 2.24) is 9.55 Å². The van der Waals surface area contributed by atoms with Gasteiger partial charge in [-0.15, -0.1) is 11.6 Å². The smallest absolute Gasteiger partial charge is 0.111 e. The summed E-state index contributed by atoms with van der Waals surface area (Å²) in [7, 11) is 0. The lowest BCUT2D eigenvalue weighted by atomic mass is 10.2. The summed E-state index contributed by atoms with van der Waals surface area (Å²) in [6.45, 7) is 2.12. The third kappa shape index (κ3) is 2.58. The Morgan fingerprint density at radius 1 is 1.40 bits per heavy atom. The van der Waals surface area contributed by atoms with E-state index in [2.05, 4.69) is 35.9 Å². The molecule has 0 amide bonds. The van der Waals surface area contributed by atoms with Crippen LogP contribution in [0.1, 0.15) is 36.7 Å². The van der Waals surface area contributed by atoms with E-state index in [-0.39, 0.29) is 0 Å². The van der Waals surface area contributed by atoms with Gasteiger partial charge in [-0.1, -0.05) is 6.07 Å². The number of imidazole rings is 1. The van der Waals surface area contributed by atoms with Crippen LogP contribution < -0.4 is 0 Å². The zero-order chi connectivity index (χ0) is 14.1. The molecule has 1 aromatic heterocycles. The Bertz CT molecular complexity index is 608. The average Bonchev–Trinajstić information content (AvgIpc) is 3.02. The van der Waals surface area contributed by atoms with Crippen molar-refractivity contribution < 1.29 is 0 Å². The van der Waals surface area contributed by atoms with E-state index >= 15 is 0 Å². The van der Waals surface area contributed by atoms with Crippen LogP contribution in [0.2, 0.25) is 0 Å². The first-order chi connectivity index (χ1) is 9.72. The van der Waals surface area contributed by atoms with Crippen LogP contribution in [0.4, 0.5) is 0 Å². The van der Waals surface area contributed by atoms with Crippen LogP contribution in [0.5, 0.6) is 0 Å². The first kappa shape index (κ1) is 14.3. The van der Waals surface area contributed by atoms with E-state index in [0.717, 1.165) is 23.0 Å². The fourth-order valence-corrected chi connectivity index (χ4v) is 4.25. The Hall–Kier alpha value is -0.670. The van der Waals surface area contributed by atoms with Gasteiger partial charge in [0.05, 0.1) is 11.0 Å². The summed E-state index contributed by atoms with van der Waals surface area (Å²) in [4.78, 5) is 4.83. The van der Waals surface area contributed by atoms with E-state index in [4.69, 9.17) is 16.6 Å². The van der Waals surface area contributed by atoms with Crippen LogP contribution >= 0.6 is 23.4 Å². The number of hydrogen-bond donors (Lipinski definition) is 0. The Labute approximate surface area is 129 Å². The standard InChI is InChI=1S/C16H21ClN2S/c1-11-3-6-15-14(9-11)18-16(7-8-17)19(15)12-4-5-13(10-12)20-2/h3,6,9,12-13H,4-5,7-8,10H2,1-2H3. The van der Waals surface area contributed by atoms with Crippen molar-refractivity contribution in [2.75, 3.05) is 12.1 Å². The summed E-state index contributed by atoms with van der Waals surface area (Å²) in [6, 6.07) is 7.19. The molecule has 0 N–H and O–H groups in total. The van der Waals surface area contributed by atoms with Crippen molar-refractivity contribution in [3.8, 4) is 0 Å². The molecule has 1 aliphatic rings. The van der Waals surface area contributed by atoms with E-state index in [9.17, 15) is 0 Å². The molecule has 2 aromatic rings. The van der Waals surface area contributed by atoms with Gasteiger partial charge in [-0.3, -0.25) is 0 Å². The van der Waals surface area contributed by atoms with Gasteiger partial charge in [0.25, 0.3) is 0 Å². The van der Waals surface area contributed by atoms with Gasteiger partial charge in [0.15, 0.2) is 0 Å². The SMILES string of the molecule is CSC1CCC(n2c(CCCl)nc3cc(C)ccc32)C1. The number of nitrogens with zero attached hydrogens (tertiary/aromatic N) is 2. The Morgan fingerprint density at radius 2 is 2.25 bits per heavy atom. The minimum Gasteiger partial charge on any atom is -0.325 e. The molecule has 1 saturated carbocycles. The highest BCUT2D eigenvalue weighted by Gasteiger charge is 2.28. The number of thioether (sulfide) groups is 1. The van der Waals surface area contributed by atoms with E-state index in [1.807, 2.05) is 11.8 Å². The van der Waals surface area contributed by atoms with Crippen molar-refractivity contribution in [2.45, 2.75) is 43.9 Å². The second-order valence-corrected chi connectivity index (χ2v) is 7.17. The molecule has 1 aromatic carbocycles. The highest BCUT2D eigenvalue weighted by molar-refractivity contribution is 7.99. The van der Waals surface area contributed by atoms with E-state index < -0.39 is 0 Å². The van der Waals surface area contributed by atoms with Gasteiger partial charge in [-0.25, -0.2) is 4.98 Å². The first-order valence-electron chi connectivity index (χ1n) is 7.29. The van der Waals surface area contributed by atoms with E-state index in [1.54, 1.807) is 0 Å². The molecule has 0 aliphatic heterocycles. The average molecular weight is 309 g/mol. The summed E-state index contributed by atoms with van der Waals surface area (Å²) < 4.78 is 2.47. The zero-order valence-electron chi connectivity index (χ0n) is 12.1. The summed E-state index contributed by atoms with van der Waals surface area (Å²) in [5.74, 6) is 1.80. The molecule has 0 saturated heterocycles. The number of alkyl halides is 1. The monoisotopic (exact) mass is 308 g/mol. The minimum absolute atomic E-state index is 0.596. The van der Waals surface area contributed by atoms with Crippen LogP contribution in [-0.4, -0.2) is 26.9 Å². The second-order valence-electron chi connectivity index (χ2n) is 5.65. The van der Waals surface area contributed by atoms with Gasteiger partial charge in [0.2, 0.25) is 0 Å². The molecular formula is C16H21ClN2S. The molecule has 2 atom stereocenters. The molecule has 2 unspecified atom stereocenters. The number of rotatable bonds is 4. The van der Waals surface area contributed by atoms with Crippen LogP contribution in [-0.2, 0) is 6.42 Å². The fraction of sp³-hybridized carbons (Fsp3) is 0.562. The van der Waals surface area contributed by atoms with E-state index in [1.165, 1.54) is 30.3 Å². The molecule has 108 valence electrons. The van der Waals surface area contributed by atoms with Crippen molar-refractivity contribution in [2.24, 2.45) is 0 Å². The summed E-state index contributed by atoms with van der Waals surface area (Å²) in [5.41, 5.74) is 3.67. The predicted molar refractivity (Wildman–Crippen MR) is 89.1 cm³/mol. The second kappa shape index (κ2) is 5.98. The lowest BCUT2D eigenvalue weighted by Crippen LogP contribution is -2.10. The Morgan fingerprint density at radius 3 is 2.95 bits per heavy atom. The fourth-order valence-electron chi connectivity index (χ4n) is 3.29. The number of benzene rings is 1. The summed E-state index contributed by atoms with van der Waals surface area (Å²) in [6.07, 6.45) is 6.92. The molecule has 2 nitrogen and oxygen atoms in total. The predicted octanol–water partition coefficient (Wildman–Crippen LogP) is 4.58. The topological polar surface area (TPSA) is 17.8 Å². The highest BCUT2D eigenvalue weighted by Crippen LogP contribution is 2.38. The molecule has 1 fully saturated rings. The maximum Gasteiger partial charge on any atom is 0.111 e. The first-order valence-corrected chi connectivity index (χ1v) is 9.11. The van der Waals surface area contributed by atoms with Gasteiger partial charge < -0.3 is 4.57 Å². The lowest BCUT2D eigenvalue weighted by Gasteiger charge is -2.16. The number of fused-ring (bicyclic) bond motifs is 1. The molecule has 3 rings (SSSR count). The van der Waals surface area contributed by atoms with Gasteiger partial charge >= 0.3 is 0 Å². The Balaban J connectivity index is 2.05. The number of halogens is 1. The number of aromatic nitrogens is 2. The third-order valence-corrected chi connectivity index (χ3v) is 5.58. The normalized spacial score (nSPS) is 22.8. The quantitative estimate of drug-likeness (QED) is 0.769. The van der Waals surface area contributed by atoms with Gasteiger partial charge in [-0.2, -0.15) is 11.8 Å². The van der Waals surface area contributed by atoms with Crippen molar-refractivity contribution in [1.29, 1.82) is 0 Å².